The quantitative estimate of drug-likeness (QED) is 0.456. The van der Waals surface area contributed by atoms with Gasteiger partial charge in [-0.05, 0) is 25.7 Å². The first-order valence-corrected chi connectivity index (χ1v) is 8.34. The fourth-order valence-corrected chi connectivity index (χ4v) is 2.98. The summed E-state index contributed by atoms with van der Waals surface area (Å²) in [6, 6.07) is 0. The molecule has 2 rings (SSSR count). The lowest BCUT2D eigenvalue weighted by molar-refractivity contribution is -0.109. The molecule has 0 aromatic rings. The summed E-state index contributed by atoms with van der Waals surface area (Å²) in [7, 11) is 0. The van der Waals surface area contributed by atoms with Crippen LogP contribution in [0.15, 0.2) is 0 Å². The molecule has 2 aliphatic rings. The second kappa shape index (κ2) is 10.6. The van der Waals surface area contributed by atoms with Crippen LogP contribution in [0.25, 0.3) is 0 Å². The molecular formula is C16H30O4. The van der Waals surface area contributed by atoms with E-state index < -0.39 is 0 Å². The van der Waals surface area contributed by atoms with Crippen LogP contribution in [0.5, 0.6) is 0 Å². The van der Waals surface area contributed by atoms with Gasteiger partial charge in [-0.1, -0.05) is 32.1 Å². The van der Waals surface area contributed by atoms with Gasteiger partial charge in [-0.15, -0.1) is 0 Å². The minimum Gasteiger partial charge on any atom is -0.377 e. The van der Waals surface area contributed by atoms with E-state index in [0.717, 1.165) is 0 Å². The average Bonchev–Trinajstić information content (AvgIpc) is 3.00. The first-order valence-electron chi connectivity index (χ1n) is 8.34. The van der Waals surface area contributed by atoms with Gasteiger partial charge in [0.25, 0.3) is 0 Å². The molecule has 4 heteroatoms. The predicted octanol–water partition coefficient (Wildman–Crippen LogP) is 3.29. The van der Waals surface area contributed by atoms with Crippen LogP contribution in [0.3, 0.4) is 0 Å². The highest BCUT2D eigenvalue weighted by Gasteiger charge is 2.14. The van der Waals surface area contributed by atoms with Crippen molar-refractivity contribution in [3.8, 4) is 0 Å². The van der Waals surface area contributed by atoms with Gasteiger partial charge in [0.2, 0.25) is 0 Å². The van der Waals surface area contributed by atoms with E-state index in [1.807, 2.05) is 0 Å². The fraction of sp³-hybridized carbons (Fsp3) is 1.00. The summed E-state index contributed by atoms with van der Waals surface area (Å²) < 4.78 is 22.3. The summed E-state index contributed by atoms with van der Waals surface area (Å²) in [5, 5.41) is 0. The Morgan fingerprint density at radius 3 is 1.85 bits per heavy atom. The van der Waals surface area contributed by atoms with Gasteiger partial charge < -0.3 is 18.9 Å². The summed E-state index contributed by atoms with van der Waals surface area (Å²) in [5.41, 5.74) is 0. The van der Waals surface area contributed by atoms with Crippen LogP contribution in [-0.2, 0) is 18.9 Å². The Morgan fingerprint density at radius 1 is 0.550 bits per heavy atom. The Labute approximate surface area is 123 Å². The van der Waals surface area contributed by atoms with Crippen molar-refractivity contribution in [3.05, 3.63) is 0 Å². The second-order valence-electron chi connectivity index (χ2n) is 5.84. The molecular weight excluding hydrogens is 256 g/mol. The number of rotatable bonds is 10. The van der Waals surface area contributed by atoms with Crippen molar-refractivity contribution in [1.82, 2.24) is 0 Å². The standard InChI is InChI=1S/C16H30O4/c1-2-6-16(7-3-1)20-14-18-11-10-17-12-13-19-15-8-4-5-9-15/h15-16H,1-14H2. The Morgan fingerprint density at radius 2 is 1.10 bits per heavy atom. The minimum absolute atomic E-state index is 0.409. The van der Waals surface area contributed by atoms with E-state index in [2.05, 4.69) is 0 Å². The van der Waals surface area contributed by atoms with Crippen molar-refractivity contribution >= 4 is 0 Å². The van der Waals surface area contributed by atoms with Gasteiger partial charge in [0, 0.05) is 0 Å². The van der Waals surface area contributed by atoms with Gasteiger partial charge in [-0.2, -0.15) is 0 Å². The number of hydrogen-bond acceptors (Lipinski definition) is 4. The SMILES string of the molecule is C1CCC(OCOCCOCCOC2CCCC2)CC1. The van der Waals surface area contributed by atoms with E-state index in [4.69, 9.17) is 18.9 Å². The molecule has 0 saturated heterocycles. The van der Waals surface area contributed by atoms with Crippen molar-refractivity contribution in [2.45, 2.75) is 70.0 Å². The predicted molar refractivity (Wildman–Crippen MR) is 77.8 cm³/mol. The molecule has 2 saturated carbocycles. The number of ether oxygens (including phenoxy) is 4. The molecule has 0 radical (unpaired) electrons. The molecule has 0 aliphatic heterocycles. The second-order valence-corrected chi connectivity index (χ2v) is 5.84. The van der Waals surface area contributed by atoms with Crippen LogP contribution >= 0.6 is 0 Å². The van der Waals surface area contributed by atoms with Crippen molar-refractivity contribution in [2.24, 2.45) is 0 Å². The molecule has 0 unspecified atom stereocenters. The summed E-state index contributed by atoms with van der Waals surface area (Å²) >= 11 is 0. The first-order chi connectivity index (χ1) is 9.95. The summed E-state index contributed by atoms with van der Waals surface area (Å²) in [5.74, 6) is 0. The van der Waals surface area contributed by atoms with E-state index in [-0.39, 0.29) is 0 Å². The lowest BCUT2D eigenvalue weighted by atomic mass is 9.98. The Kier molecular flexibility index (Phi) is 8.55. The van der Waals surface area contributed by atoms with E-state index >= 15 is 0 Å². The maximum atomic E-state index is 5.72. The third-order valence-corrected chi connectivity index (χ3v) is 4.19. The van der Waals surface area contributed by atoms with Crippen LogP contribution in [0.2, 0.25) is 0 Å². The number of hydrogen-bond donors (Lipinski definition) is 0. The summed E-state index contributed by atoms with van der Waals surface area (Å²) in [6.07, 6.45) is 12.3. The van der Waals surface area contributed by atoms with E-state index in [1.165, 1.54) is 57.8 Å². The van der Waals surface area contributed by atoms with Crippen molar-refractivity contribution in [3.63, 3.8) is 0 Å². The highest BCUT2D eigenvalue weighted by molar-refractivity contribution is 4.66. The molecule has 118 valence electrons. The summed E-state index contributed by atoms with van der Waals surface area (Å²) in [6.45, 7) is 3.03. The van der Waals surface area contributed by atoms with Crippen LogP contribution in [0.4, 0.5) is 0 Å². The molecule has 0 atom stereocenters. The highest BCUT2D eigenvalue weighted by atomic mass is 16.7. The van der Waals surface area contributed by atoms with Gasteiger partial charge in [0.15, 0.2) is 0 Å². The van der Waals surface area contributed by atoms with Crippen molar-refractivity contribution < 1.29 is 18.9 Å². The monoisotopic (exact) mass is 286 g/mol. The molecule has 0 aromatic heterocycles. The van der Waals surface area contributed by atoms with E-state index in [1.54, 1.807) is 0 Å². The Hall–Kier alpha value is -0.160. The third-order valence-electron chi connectivity index (χ3n) is 4.19. The van der Waals surface area contributed by atoms with Crippen molar-refractivity contribution in [2.75, 3.05) is 33.2 Å². The molecule has 0 spiro atoms. The van der Waals surface area contributed by atoms with Gasteiger partial charge in [0.05, 0.1) is 38.6 Å². The van der Waals surface area contributed by atoms with Crippen LogP contribution < -0.4 is 0 Å². The Balaban J connectivity index is 1.29. The summed E-state index contributed by atoms with van der Waals surface area (Å²) in [4.78, 5) is 0. The topological polar surface area (TPSA) is 36.9 Å². The molecule has 2 fully saturated rings. The lowest BCUT2D eigenvalue weighted by Gasteiger charge is -2.21. The highest BCUT2D eigenvalue weighted by Crippen LogP contribution is 2.21. The zero-order chi connectivity index (χ0) is 13.9. The van der Waals surface area contributed by atoms with Gasteiger partial charge >= 0.3 is 0 Å². The molecule has 0 aromatic carbocycles. The molecule has 0 N–H and O–H groups in total. The largest absolute Gasteiger partial charge is 0.377 e. The molecule has 0 heterocycles. The van der Waals surface area contributed by atoms with Crippen LogP contribution in [0, 0.1) is 0 Å². The maximum absolute atomic E-state index is 5.72. The fourth-order valence-electron chi connectivity index (χ4n) is 2.98. The first kappa shape index (κ1) is 16.2. The smallest absolute Gasteiger partial charge is 0.147 e. The van der Waals surface area contributed by atoms with Crippen LogP contribution in [0.1, 0.15) is 57.8 Å². The van der Waals surface area contributed by atoms with E-state index in [9.17, 15) is 0 Å². The van der Waals surface area contributed by atoms with E-state index in [0.29, 0.717) is 45.4 Å². The van der Waals surface area contributed by atoms with Gasteiger partial charge in [0.1, 0.15) is 6.79 Å². The van der Waals surface area contributed by atoms with Gasteiger partial charge in [-0.25, -0.2) is 0 Å². The average molecular weight is 286 g/mol. The Bertz CT molecular complexity index is 223. The molecule has 0 bridgehead atoms. The zero-order valence-corrected chi connectivity index (χ0v) is 12.7. The third kappa shape index (κ3) is 7.02. The molecule has 20 heavy (non-hydrogen) atoms. The zero-order valence-electron chi connectivity index (χ0n) is 12.7. The maximum Gasteiger partial charge on any atom is 0.147 e. The lowest BCUT2D eigenvalue weighted by Crippen LogP contribution is -2.19. The minimum atomic E-state index is 0.409. The molecule has 0 amide bonds. The van der Waals surface area contributed by atoms with Gasteiger partial charge in [-0.3, -0.25) is 0 Å². The van der Waals surface area contributed by atoms with Crippen LogP contribution in [-0.4, -0.2) is 45.4 Å². The van der Waals surface area contributed by atoms with Crippen molar-refractivity contribution in [1.29, 1.82) is 0 Å². The molecule has 2 aliphatic carbocycles. The molecule has 4 nitrogen and oxygen atoms in total. The normalized spacial score (nSPS) is 21.6.